The number of nitrogens with zero attached hydrogens (tertiary/aromatic N) is 2. The summed E-state index contributed by atoms with van der Waals surface area (Å²) in [6.45, 7) is 8.64. The van der Waals surface area contributed by atoms with E-state index in [9.17, 15) is 0 Å². The van der Waals surface area contributed by atoms with Crippen LogP contribution in [0, 0.1) is 0 Å². The van der Waals surface area contributed by atoms with E-state index in [1.165, 1.54) is 0 Å². The standard InChI is InChI=1S/C16H23ClN2O/c1-6-16(4,7-2)19-12-9-8-10-13(20-5)14(12)18-15(19)11(3)17/h8-11H,6-7H2,1-5H3. The molecule has 1 atom stereocenters. The molecule has 0 amide bonds. The van der Waals surface area contributed by atoms with Gasteiger partial charge < -0.3 is 9.30 Å². The molecule has 1 aromatic carbocycles. The van der Waals surface area contributed by atoms with Gasteiger partial charge in [0.1, 0.15) is 17.1 Å². The lowest BCUT2D eigenvalue weighted by Gasteiger charge is -2.32. The van der Waals surface area contributed by atoms with Crippen molar-refractivity contribution in [1.29, 1.82) is 0 Å². The SMILES string of the molecule is CCC(C)(CC)n1c(C(C)Cl)nc2c(OC)cccc21. The molecular weight excluding hydrogens is 272 g/mol. The largest absolute Gasteiger partial charge is 0.494 e. The normalized spacial score (nSPS) is 13.7. The van der Waals surface area contributed by atoms with Crippen molar-refractivity contribution in [2.75, 3.05) is 7.11 Å². The average Bonchev–Trinajstić information content (AvgIpc) is 2.86. The van der Waals surface area contributed by atoms with Gasteiger partial charge in [0, 0.05) is 5.54 Å². The molecule has 0 saturated heterocycles. The molecular formula is C16H23ClN2O. The minimum atomic E-state index is -0.135. The van der Waals surface area contributed by atoms with Gasteiger partial charge >= 0.3 is 0 Å². The minimum Gasteiger partial charge on any atom is -0.494 e. The summed E-state index contributed by atoms with van der Waals surface area (Å²) in [5.41, 5.74) is 2.00. The summed E-state index contributed by atoms with van der Waals surface area (Å²) < 4.78 is 7.73. The number of ether oxygens (including phenoxy) is 1. The smallest absolute Gasteiger partial charge is 0.146 e. The van der Waals surface area contributed by atoms with E-state index in [4.69, 9.17) is 21.3 Å². The van der Waals surface area contributed by atoms with Crippen molar-refractivity contribution in [3.8, 4) is 5.75 Å². The molecule has 110 valence electrons. The molecule has 0 fully saturated rings. The maximum Gasteiger partial charge on any atom is 0.146 e. The molecule has 0 N–H and O–H groups in total. The summed E-state index contributed by atoms with van der Waals surface area (Å²) in [6.07, 6.45) is 2.06. The van der Waals surface area contributed by atoms with Crippen LogP contribution in [-0.2, 0) is 5.54 Å². The van der Waals surface area contributed by atoms with Crippen molar-refractivity contribution in [1.82, 2.24) is 9.55 Å². The highest BCUT2D eigenvalue weighted by molar-refractivity contribution is 6.20. The van der Waals surface area contributed by atoms with Gasteiger partial charge in [0.15, 0.2) is 0 Å². The number of halogens is 1. The Kier molecular flexibility index (Phi) is 4.28. The maximum atomic E-state index is 6.37. The molecule has 0 radical (unpaired) electrons. The van der Waals surface area contributed by atoms with Crippen molar-refractivity contribution >= 4 is 22.6 Å². The number of imidazole rings is 1. The van der Waals surface area contributed by atoms with Crippen molar-refractivity contribution in [3.05, 3.63) is 24.0 Å². The number of hydrogen-bond acceptors (Lipinski definition) is 2. The maximum absolute atomic E-state index is 6.37. The third-order valence-electron chi connectivity index (χ3n) is 4.31. The van der Waals surface area contributed by atoms with Crippen molar-refractivity contribution < 1.29 is 4.74 Å². The van der Waals surface area contributed by atoms with Crippen LogP contribution in [0.25, 0.3) is 11.0 Å². The summed E-state index contributed by atoms with van der Waals surface area (Å²) in [6, 6.07) is 6.04. The first-order valence-corrected chi connectivity index (χ1v) is 7.62. The number of para-hydroxylation sites is 1. The Balaban J connectivity index is 2.83. The molecule has 1 heterocycles. The van der Waals surface area contributed by atoms with Gasteiger partial charge in [-0.1, -0.05) is 19.9 Å². The Morgan fingerprint density at radius 1 is 1.35 bits per heavy atom. The van der Waals surface area contributed by atoms with Gasteiger partial charge in [-0.2, -0.15) is 0 Å². The van der Waals surface area contributed by atoms with Crippen molar-refractivity contribution in [3.63, 3.8) is 0 Å². The zero-order valence-electron chi connectivity index (χ0n) is 12.9. The van der Waals surface area contributed by atoms with E-state index < -0.39 is 0 Å². The third kappa shape index (κ3) is 2.28. The molecule has 1 unspecified atom stereocenters. The van der Waals surface area contributed by atoms with Crippen LogP contribution in [0.4, 0.5) is 0 Å². The number of fused-ring (bicyclic) bond motifs is 1. The van der Waals surface area contributed by atoms with Gasteiger partial charge in [0.05, 0.1) is 18.0 Å². The highest BCUT2D eigenvalue weighted by Crippen LogP contribution is 2.37. The minimum absolute atomic E-state index is 0.0135. The summed E-state index contributed by atoms with van der Waals surface area (Å²) in [7, 11) is 1.68. The number of rotatable bonds is 5. The van der Waals surface area contributed by atoms with E-state index in [-0.39, 0.29) is 10.9 Å². The molecule has 4 heteroatoms. The van der Waals surface area contributed by atoms with Gasteiger partial charge in [0.25, 0.3) is 0 Å². The fraction of sp³-hybridized carbons (Fsp3) is 0.562. The first-order chi connectivity index (χ1) is 9.48. The summed E-state index contributed by atoms with van der Waals surface area (Å²) in [4.78, 5) is 4.75. The molecule has 3 nitrogen and oxygen atoms in total. The van der Waals surface area contributed by atoms with Crippen LogP contribution in [-0.4, -0.2) is 16.7 Å². The van der Waals surface area contributed by atoms with Crippen LogP contribution in [0.1, 0.15) is 51.7 Å². The Hall–Kier alpha value is -1.22. The lowest BCUT2D eigenvalue weighted by atomic mass is 9.94. The van der Waals surface area contributed by atoms with Gasteiger partial charge in [-0.15, -0.1) is 11.6 Å². The van der Waals surface area contributed by atoms with E-state index in [1.54, 1.807) is 7.11 Å². The second-order valence-corrected chi connectivity index (χ2v) is 6.11. The van der Waals surface area contributed by atoms with E-state index in [0.29, 0.717) is 0 Å². The van der Waals surface area contributed by atoms with Crippen LogP contribution < -0.4 is 4.74 Å². The second-order valence-electron chi connectivity index (χ2n) is 5.45. The predicted molar refractivity (Wildman–Crippen MR) is 84.8 cm³/mol. The zero-order valence-corrected chi connectivity index (χ0v) is 13.7. The first kappa shape index (κ1) is 15.2. The van der Waals surface area contributed by atoms with Crippen molar-refractivity contribution in [2.45, 2.75) is 51.5 Å². The predicted octanol–water partition coefficient (Wildman–Crippen LogP) is 4.88. The Morgan fingerprint density at radius 2 is 2.00 bits per heavy atom. The fourth-order valence-corrected chi connectivity index (χ4v) is 2.80. The van der Waals surface area contributed by atoms with E-state index >= 15 is 0 Å². The molecule has 2 rings (SSSR count). The number of aromatic nitrogens is 2. The lowest BCUT2D eigenvalue weighted by molar-refractivity contribution is 0.293. The third-order valence-corrected chi connectivity index (χ3v) is 4.51. The highest BCUT2D eigenvalue weighted by atomic mass is 35.5. The van der Waals surface area contributed by atoms with Crippen molar-refractivity contribution in [2.24, 2.45) is 0 Å². The van der Waals surface area contributed by atoms with Crippen LogP contribution in [0.15, 0.2) is 18.2 Å². The Bertz CT molecular complexity index is 600. The number of alkyl halides is 1. The molecule has 0 aliphatic carbocycles. The molecule has 1 aromatic heterocycles. The van der Waals surface area contributed by atoms with Gasteiger partial charge in [0.2, 0.25) is 0 Å². The van der Waals surface area contributed by atoms with Gasteiger partial charge in [-0.05, 0) is 38.8 Å². The quantitative estimate of drug-likeness (QED) is 0.735. The number of methoxy groups -OCH3 is 1. The molecule has 0 spiro atoms. The van der Waals surface area contributed by atoms with Crippen LogP contribution in [0.3, 0.4) is 0 Å². The first-order valence-electron chi connectivity index (χ1n) is 7.18. The summed E-state index contributed by atoms with van der Waals surface area (Å²) >= 11 is 6.37. The molecule has 0 aliphatic heterocycles. The molecule has 0 saturated carbocycles. The molecule has 2 aromatic rings. The van der Waals surface area contributed by atoms with E-state index in [1.807, 2.05) is 19.1 Å². The van der Waals surface area contributed by atoms with Crippen LogP contribution in [0.2, 0.25) is 0 Å². The summed E-state index contributed by atoms with van der Waals surface area (Å²) in [5, 5.41) is -0.135. The Labute approximate surface area is 125 Å². The van der Waals surface area contributed by atoms with Crippen LogP contribution in [0.5, 0.6) is 5.75 Å². The number of benzene rings is 1. The monoisotopic (exact) mass is 294 g/mol. The van der Waals surface area contributed by atoms with Gasteiger partial charge in [-0.25, -0.2) is 4.98 Å². The summed E-state index contributed by atoms with van der Waals surface area (Å²) in [5.74, 6) is 1.71. The molecule has 20 heavy (non-hydrogen) atoms. The van der Waals surface area contributed by atoms with Crippen LogP contribution >= 0.6 is 11.6 Å². The molecule has 0 bridgehead atoms. The topological polar surface area (TPSA) is 27.1 Å². The zero-order chi connectivity index (χ0) is 14.9. The van der Waals surface area contributed by atoms with Gasteiger partial charge in [-0.3, -0.25) is 0 Å². The second kappa shape index (κ2) is 5.65. The molecule has 0 aliphatic rings. The fourth-order valence-electron chi connectivity index (χ4n) is 2.66. The average molecular weight is 295 g/mol. The van der Waals surface area contributed by atoms with E-state index in [0.717, 1.165) is 35.4 Å². The number of hydrogen-bond donors (Lipinski definition) is 0. The van der Waals surface area contributed by atoms with E-state index in [2.05, 4.69) is 31.4 Å². The Morgan fingerprint density at radius 3 is 2.50 bits per heavy atom. The highest BCUT2D eigenvalue weighted by Gasteiger charge is 2.29. The lowest BCUT2D eigenvalue weighted by Crippen LogP contribution is -2.30.